The summed E-state index contributed by atoms with van der Waals surface area (Å²) in [6.45, 7) is 6.32. The van der Waals surface area contributed by atoms with Crippen molar-refractivity contribution in [2.75, 3.05) is 18.5 Å². The number of nitrogens with one attached hydrogen (secondary N) is 1. The molecular weight excluding hydrogens is 330 g/mol. The third-order valence-corrected chi connectivity index (χ3v) is 4.11. The second-order valence-electron chi connectivity index (χ2n) is 5.98. The molecule has 0 aliphatic rings. The second-order valence-corrected chi connectivity index (χ2v) is 5.98. The molecular formula is C21H25NO4. The summed E-state index contributed by atoms with van der Waals surface area (Å²) in [5.41, 5.74) is 2.20. The van der Waals surface area contributed by atoms with Gasteiger partial charge in [-0.15, -0.1) is 0 Å². The SMILES string of the molecule is CCOc1ccc(C(=O)OCC(=O)Nc2ccccc2[C@@H](C)CC)cc1. The lowest BCUT2D eigenvalue weighted by atomic mass is 9.97. The van der Waals surface area contributed by atoms with Crippen LogP contribution in [-0.2, 0) is 9.53 Å². The first kappa shape index (κ1) is 19.5. The predicted octanol–water partition coefficient (Wildman–Crippen LogP) is 4.39. The number of hydrogen-bond donors (Lipinski definition) is 1. The van der Waals surface area contributed by atoms with E-state index in [1.807, 2.05) is 31.2 Å². The quantitative estimate of drug-likeness (QED) is 0.713. The van der Waals surface area contributed by atoms with Crippen molar-refractivity contribution in [3.63, 3.8) is 0 Å². The molecule has 1 atom stereocenters. The fourth-order valence-electron chi connectivity index (χ4n) is 2.52. The summed E-state index contributed by atoms with van der Waals surface area (Å²) in [5.74, 6) is 0.111. The van der Waals surface area contributed by atoms with Gasteiger partial charge >= 0.3 is 5.97 Å². The van der Waals surface area contributed by atoms with Gasteiger partial charge < -0.3 is 14.8 Å². The van der Waals surface area contributed by atoms with E-state index in [0.717, 1.165) is 17.7 Å². The van der Waals surface area contributed by atoms with E-state index in [2.05, 4.69) is 19.2 Å². The average molecular weight is 355 g/mol. The number of carbonyl (C=O) groups excluding carboxylic acids is 2. The van der Waals surface area contributed by atoms with E-state index in [1.165, 1.54) is 0 Å². The van der Waals surface area contributed by atoms with Crippen molar-refractivity contribution in [1.29, 1.82) is 0 Å². The van der Waals surface area contributed by atoms with Crippen LogP contribution < -0.4 is 10.1 Å². The lowest BCUT2D eigenvalue weighted by Crippen LogP contribution is -2.21. The number of rotatable bonds is 8. The summed E-state index contributed by atoms with van der Waals surface area (Å²) < 4.78 is 10.4. The number of para-hydroxylation sites is 1. The van der Waals surface area contributed by atoms with Crippen LogP contribution in [0.3, 0.4) is 0 Å². The van der Waals surface area contributed by atoms with Crippen LogP contribution in [0.4, 0.5) is 5.69 Å². The number of esters is 1. The zero-order chi connectivity index (χ0) is 18.9. The molecule has 2 aromatic carbocycles. The monoisotopic (exact) mass is 355 g/mol. The summed E-state index contributed by atoms with van der Waals surface area (Å²) in [5, 5.41) is 2.82. The highest BCUT2D eigenvalue weighted by atomic mass is 16.5. The highest BCUT2D eigenvalue weighted by Crippen LogP contribution is 2.26. The minimum absolute atomic E-state index is 0.331. The molecule has 1 N–H and O–H groups in total. The number of amides is 1. The van der Waals surface area contributed by atoms with E-state index < -0.39 is 5.97 Å². The van der Waals surface area contributed by atoms with Crippen molar-refractivity contribution in [2.24, 2.45) is 0 Å². The van der Waals surface area contributed by atoms with E-state index in [0.29, 0.717) is 23.8 Å². The van der Waals surface area contributed by atoms with Gasteiger partial charge in [0, 0.05) is 5.69 Å². The third-order valence-electron chi connectivity index (χ3n) is 4.11. The van der Waals surface area contributed by atoms with Crippen LogP contribution in [0.5, 0.6) is 5.75 Å². The molecule has 0 spiro atoms. The van der Waals surface area contributed by atoms with Crippen LogP contribution in [0.2, 0.25) is 0 Å². The molecule has 2 rings (SSSR count). The molecule has 0 saturated heterocycles. The van der Waals surface area contributed by atoms with E-state index in [-0.39, 0.29) is 12.5 Å². The Hall–Kier alpha value is -2.82. The topological polar surface area (TPSA) is 64.6 Å². The maximum absolute atomic E-state index is 12.1. The molecule has 5 heteroatoms. The molecule has 138 valence electrons. The first-order valence-corrected chi connectivity index (χ1v) is 8.83. The van der Waals surface area contributed by atoms with Crippen LogP contribution in [0, 0.1) is 0 Å². The Labute approximate surface area is 154 Å². The maximum Gasteiger partial charge on any atom is 0.338 e. The summed E-state index contributed by atoms with van der Waals surface area (Å²) >= 11 is 0. The first-order chi connectivity index (χ1) is 12.5. The molecule has 1 amide bonds. The number of anilines is 1. The first-order valence-electron chi connectivity index (χ1n) is 8.83. The van der Waals surface area contributed by atoms with Gasteiger partial charge in [0.05, 0.1) is 12.2 Å². The van der Waals surface area contributed by atoms with E-state index in [4.69, 9.17) is 9.47 Å². The highest BCUT2D eigenvalue weighted by molar-refractivity contribution is 5.96. The minimum atomic E-state index is -0.543. The predicted molar refractivity (Wildman–Crippen MR) is 102 cm³/mol. The zero-order valence-corrected chi connectivity index (χ0v) is 15.5. The smallest absolute Gasteiger partial charge is 0.338 e. The second kappa shape index (κ2) is 9.61. The molecule has 26 heavy (non-hydrogen) atoms. The Morgan fingerprint density at radius 3 is 2.38 bits per heavy atom. The van der Waals surface area contributed by atoms with Crippen LogP contribution in [0.25, 0.3) is 0 Å². The Bertz CT molecular complexity index is 740. The minimum Gasteiger partial charge on any atom is -0.494 e. The van der Waals surface area contributed by atoms with Gasteiger partial charge in [-0.05, 0) is 55.2 Å². The van der Waals surface area contributed by atoms with Crippen molar-refractivity contribution >= 4 is 17.6 Å². The number of benzene rings is 2. The number of carbonyl (C=O) groups is 2. The molecule has 0 bridgehead atoms. The largest absolute Gasteiger partial charge is 0.494 e. The Kier molecular flexibility index (Phi) is 7.21. The Balaban J connectivity index is 1.91. The van der Waals surface area contributed by atoms with Gasteiger partial charge in [-0.3, -0.25) is 4.79 Å². The Morgan fingerprint density at radius 2 is 1.73 bits per heavy atom. The van der Waals surface area contributed by atoms with Crippen LogP contribution >= 0.6 is 0 Å². The maximum atomic E-state index is 12.1. The van der Waals surface area contributed by atoms with Crippen molar-refractivity contribution < 1.29 is 19.1 Å². The van der Waals surface area contributed by atoms with Crippen LogP contribution in [0.15, 0.2) is 48.5 Å². The van der Waals surface area contributed by atoms with E-state index in [9.17, 15) is 9.59 Å². The lowest BCUT2D eigenvalue weighted by molar-refractivity contribution is -0.119. The van der Waals surface area contributed by atoms with Crippen molar-refractivity contribution in [1.82, 2.24) is 0 Å². The number of hydrogen-bond acceptors (Lipinski definition) is 4. The summed E-state index contributed by atoms with van der Waals surface area (Å²) in [4.78, 5) is 24.2. The highest BCUT2D eigenvalue weighted by Gasteiger charge is 2.13. The molecule has 2 aromatic rings. The summed E-state index contributed by atoms with van der Waals surface area (Å²) in [6, 6.07) is 14.3. The molecule has 0 radical (unpaired) electrons. The van der Waals surface area contributed by atoms with Gasteiger partial charge in [0.2, 0.25) is 0 Å². The van der Waals surface area contributed by atoms with E-state index in [1.54, 1.807) is 24.3 Å². The van der Waals surface area contributed by atoms with Gasteiger partial charge in [-0.2, -0.15) is 0 Å². The molecule has 0 fully saturated rings. The zero-order valence-electron chi connectivity index (χ0n) is 15.5. The molecule has 0 heterocycles. The number of ether oxygens (including phenoxy) is 2. The molecule has 0 aliphatic heterocycles. The Morgan fingerprint density at radius 1 is 1.04 bits per heavy atom. The normalized spacial score (nSPS) is 11.5. The summed E-state index contributed by atoms with van der Waals surface area (Å²) in [7, 11) is 0. The average Bonchev–Trinajstić information content (AvgIpc) is 2.67. The van der Waals surface area contributed by atoms with Gasteiger partial charge in [0.15, 0.2) is 6.61 Å². The molecule has 0 unspecified atom stereocenters. The van der Waals surface area contributed by atoms with Gasteiger partial charge in [0.1, 0.15) is 5.75 Å². The third kappa shape index (κ3) is 5.34. The van der Waals surface area contributed by atoms with Crippen molar-refractivity contribution in [2.45, 2.75) is 33.1 Å². The molecule has 5 nitrogen and oxygen atoms in total. The van der Waals surface area contributed by atoms with Crippen LogP contribution in [-0.4, -0.2) is 25.1 Å². The lowest BCUT2D eigenvalue weighted by Gasteiger charge is -2.15. The standard InChI is InChI=1S/C21H25NO4/c1-4-15(3)18-8-6-7-9-19(18)22-20(23)14-26-21(24)16-10-12-17(13-11-16)25-5-2/h6-13,15H,4-5,14H2,1-3H3,(H,22,23)/t15-/m0/s1. The van der Waals surface area contributed by atoms with Crippen molar-refractivity contribution in [3.8, 4) is 5.75 Å². The molecule has 0 aliphatic carbocycles. The van der Waals surface area contributed by atoms with Gasteiger partial charge in [0.25, 0.3) is 5.91 Å². The fraction of sp³-hybridized carbons (Fsp3) is 0.333. The fourth-order valence-corrected chi connectivity index (χ4v) is 2.52. The van der Waals surface area contributed by atoms with E-state index >= 15 is 0 Å². The summed E-state index contributed by atoms with van der Waals surface area (Å²) in [6.07, 6.45) is 0.972. The van der Waals surface area contributed by atoms with Gasteiger partial charge in [-0.25, -0.2) is 4.79 Å². The van der Waals surface area contributed by atoms with Crippen molar-refractivity contribution in [3.05, 3.63) is 59.7 Å². The molecule has 0 aromatic heterocycles. The molecule has 0 saturated carbocycles. The van der Waals surface area contributed by atoms with Crippen LogP contribution in [0.1, 0.15) is 49.0 Å². The van der Waals surface area contributed by atoms with Gasteiger partial charge in [-0.1, -0.05) is 32.0 Å².